The fourth-order valence-electron chi connectivity index (χ4n) is 3.99. The van der Waals surface area contributed by atoms with E-state index in [0.29, 0.717) is 15.8 Å². The highest BCUT2D eigenvalue weighted by Gasteiger charge is 2.41. The van der Waals surface area contributed by atoms with Crippen molar-refractivity contribution in [1.82, 2.24) is 0 Å². The Hall–Kier alpha value is -2.24. The molecular formula is C19H16Cl2N2O3. The molecule has 2 aromatic rings. The summed E-state index contributed by atoms with van der Waals surface area (Å²) in [4.78, 5) is 10.9. The molecule has 134 valence electrons. The largest absolute Gasteiger partial charge is 0.494 e. The number of benzene rings is 2. The summed E-state index contributed by atoms with van der Waals surface area (Å²) in [5.74, 6) is 0.710. The van der Waals surface area contributed by atoms with Gasteiger partial charge in [-0.2, -0.15) is 0 Å². The van der Waals surface area contributed by atoms with Gasteiger partial charge in [-0.15, -0.1) is 0 Å². The second kappa shape index (κ2) is 6.49. The third kappa shape index (κ3) is 2.63. The van der Waals surface area contributed by atoms with Gasteiger partial charge in [0.05, 0.1) is 39.9 Å². The first-order chi connectivity index (χ1) is 12.5. The number of hydrogen-bond donors (Lipinski definition) is 1. The van der Waals surface area contributed by atoms with E-state index >= 15 is 0 Å². The number of allylic oxidation sites excluding steroid dienone is 2. The molecule has 0 bridgehead atoms. The molecule has 1 N–H and O–H groups in total. The Bertz CT molecular complexity index is 929. The topological polar surface area (TPSA) is 64.4 Å². The van der Waals surface area contributed by atoms with E-state index in [0.717, 1.165) is 23.2 Å². The molecule has 0 radical (unpaired) electrons. The third-order valence-corrected chi connectivity index (χ3v) is 6.00. The van der Waals surface area contributed by atoms with Crippen molar-refractivity contribution in [2.45, 2.75) is 18.4 Å². The van der Waals surface area contributed by atoms with E-state index in [4.69, 9.17) is 27.9 Å². The second-order valence-corrected chi connectivity index (χ2v) is 7.27. The van der Waals surface area contributed by atoms with Gasteiger partial charge in [0.15, 0.2) is 0 Å². The Morgan fingerprint density at radius 3 is 2.81 bits per heavy atom. The predicted molar refractivity (Wildman–Crippen MR) is 102 cm³/mol. The lowest BCUT2D eigenvalue weighted by molar-refractivity contribution is -0.385. The fourth-order valence-corrected chi connectivity index (χ4v) is 4.41. The van der Waals surface area contributed by atoms with Gasteiger partial charge in [0.1, 0.15) is 5.75 Å². The number of non-ortho nitro benzene ring substituents is 1. The summed E-state index contributed by atoms with van der Waals surface area (Å²) >= 11 is 12.7. The third-order valence-electron chi connectivity index (χ3n) is 5.16. The number of nitro benzene ring substituents is 1. The average molecular weight is 391 g/mol. The van der Waals surface area contributed by atoms with Gasteiger partial charge in [0.25, 0.3) is 5.69 Å². The summed E-state index contributed by atoms with van der Waals surface area (Å²) in [6.07, 6.45) is 5.08. The Balaban J connectivity index is 1.88. The van der Waals surface area contributed by atoms with Crippen molar-refractivity contribution >= 4 is 34.6 Å². The molecule has 2 aromatic carbocycles. The summed E-state index contributed by atoms with van der Waals surface area (Å²) < 4.78 is 5.44. The number of anilines is 1. The quantitative estimate of drug-likeness (QED) is 0.412. The van der Waals surface area contributed by atoms with Crippen LogP contribution in [0.4, 0.5) is 11.4 Å². The SMILES string of the molecule is COc1cc([N+](=O)[O-])cc2c1N[C@H](c1cccc(Cl)c1Cl)[C@@H]1CC=C[C@H]21. The van der Waals surface area contributed by atoms with E-state index in [2.05, 4.69) is 17.5 Å². The van der Waals surface area contributed by atoms with Gasteiger partial charge in [-0.25, -0.2) is 0 Å². The lowest BCUT2D eigenvalue weighted by Gasteiger charge is -2.38. The number of nitro groups is 1. The van der Waals surface area contributed by atoms with Gasteiger partial charge in [0.2, 0.25) is 0 Å². The number of methoxy groups -OCH3 is 1. The van der Waals surface area contributed by atoms with Crippen molar-refractivity contribution in [3.8, 4) is 5.75 Å². The molecule has 1 aliphatic heterocycles. The van der Waals surface area contributed by atoms with Gasteiger partial charge in [-0.1, -0.05) is 47.5 Å². The number of nitrogens with zero attached hydrogens (tertiary/aromatic N) is 1. The molecule has 2 aliphatic rings. The van der Waals surface area contributed by atoms with Crippen molar-refractivity contribution in [3.63, 3.8) is 0 Å². The van der Waals surface area contributed by atoms with E-state index in [9.17, 15) is 10.1 Å². The minimum atomic E-state index is -0.392. The molecule has 1 heterocycles. The van der Waals surface area contributed by atoms with Crippen molar-refractivity contribution < 1.29 is 9.66 Å². The lowest BCUT2D eigenvalue weighted by atomic mass is 9.76. The van der Waals surface area contributed by atoms with Gasteiger partial charge in [-0.3, -0.25) is 10.1 Å². The zero-order valence-corrected chi connectivity index (χ0v) is 15.4. The van der Waals surface area contributed by atoms with Crippen molar-refractivity contribution in [2.24, 2.45) is 5.92 Å². The van der Waals surface area contributed by atoms with Gasteiger partial charge < -0.3 is 10.1 Å². The van der Waals surface area contributed by atoms with Crippen LogP contribution in [0.2, 0.25) is 10.0 Å². The van der Waals surface area contributed by atoms with Gasteiger partial charge in [-0.05, 0) is 29.5 Å². The van der Waals surface area contributed by atoms with Crippen LogP contribution in [0.25, 0.3) is 0 Å². The first kappa shape index (κ1) is 17.2. The Kier molecular flexibility index (Phi) is 4.29. The number of halogens is 2. The molecule has 0 saturated heterocycles. The molecule has 0 aromatic heterocycles. The van der Waals surface area contributed by atoms with E-state index in [1.165, 1.54) is 13.2 Å². The lowest BCUT2D eigenvalue weighted by Crippen LogP contribution is -2.29. The molecule has 26 heavy (non-hydrogen) atoms. The van der Waals surface area contributed by atoms with Crippen LogP contribution in [-0.2, 0) is 0 Å². The van der Waals surface area contributed by atoms with E-state index in [1.54, 1.807) is 12.1 Å². The molecule has 4 rings (SSSR count). The van der Waals surface area contributed by atoms with Crippen LogP contribution in [0, 0.1) is 16.0 Å². The molecule has 5 nitrogen and oxygen atoms in total. The normalized spacial score (nSPS) is 23.1. The summed E-state index contributed by atoms with van der Waals surface area (Å²) in [6.45, 7) is 0. The molecule has 0 amide bonds. The Labute approximate surface area is 160 Å². The number of fused-ring (bicyclic) bond motifs is 3. The van der Waals surface area contributed by atoms with Crippen molar-refractivity contribution in [3.05, 3.63) is 73.8 Å². The van der Waals surface area contributed by atoms with Crippen LogP contribution < -0.4 is 10.1 Å². The highest BCUT2D eigenvalue weighted by atomic mass is 35.5. The van der Waals surface area contributed by atoms with Crippen LogP contribution in [0.5, 0.6) is 5.75 Å². The maximum atomic E-state index is 11.3. The Morgan fingerprint density at radius 2 is 2.08 bits per heavy atom. The molecule has 0 spiro atoms. The molecule has 0 unspecified atom stereocenters. The molecule has 1 aliphatic carbocycles. The molecular weight excluding hydrogens is 375 g/mol. The average Bonchev–Trinajstić information content (AvgIpc) is 3.12. The van der Waals surface area contributed by atoms with E-state index in [1.807, 2.05) is 12.1 Å². The molecule has 7 heteroatoms. The predicted octanol–water partition coefficient (Wildman–Crippen LogP) is 5.74. The number of nitrogens with one attached hydrogen (secondary N) is 1. The van der Waals surface area contributed by atoms with Crippen molar-refractivity contribution in [1.29, 1.82) is 0 Å². The molecule has 3 atom stereocenters. The first-order valence-electron chi connectivity index (χ1n) is 8.24. The van der Waals surface area contributed by atoms with Crippen LogP contribution >= 0.6 is 23.2 Å². The fraction of sp³-hybridized carbons (Fsp3) is 0.263. The molecule has 0 fully saturated rings. The standard InChI is InChI=1S/C19H16Cl2N2O3/c1-26-16-9-10(23(24)25)8-14-11-4-2-5-12(11)18(22-19(14)16)13-6-3-7-15(20)17(13)21/h2-4,6-9,11-12,18,22H,5H2,1H3/t11-,12+,18-/m0/s1. The van der Waals surface area contributed by atoms with Gasteiger partial charge in [0, 0.05) is 12.0 Å². The highest BCUT2D eigenvalue weighted by molar-refractivity contribution is 6.42. The minimum Gasteiger partial charge on any atom is -0.494 e. The number of ether oxygens (including phenoxy) is 1. The summed E-state index contributed by atoms with van der Waals surface area (Å²) in [5, 5.41) is 15.8. The minimum absolute atomic E-state index is 0.0284. The van der Waals surface area contributed by atoms with E-state index < -0.39 is 4.92 Å². The van der Waals surface area contributed by atoms with Gasteiger partial charge >= 0.3 is 0 Å². The van der Waals surface area contributed by atoms with Crippen LogP contribution in [0.3, 0.4) is 0 Å². The van der Waals surface area contributed by atoms with Crippen LogP contribution in [0.1, 0.15) is 29.5 Å². The highest BCUT2D eigenvalue weighted by Crippen LogP contribution is 2.54. The van der Waals surface area contributed by atoms with Crippen molar-refractivity contribution in [2.75, 3.05) is 12.4 Å². The summed E-state index contributed by atoms with van der Waals surface area (Å²) in [5.41, 5.74) is 2.60. The summed E-state index contributed by atoms with van der Waals surface area (Å²) in [7, 11) is 1.51. The summed E-state index contributed by atoms with van der Waals surface area (Å²) in [6, 6.07) is 8.62. The Morgan fingerprint density at radius 1 is 1.27 bits per heavy atom. The second-order valence-electron chi connectivity index (χ2n) is 6.49. The first-order valence-corrected chi connectivity index (χ1v) is 9.00. The maximum absolute atomic E-state index is 11.3. The monoisotopic (exact) mass is 390 g/mol. The maximum Gasteiger partial charge on any atom is 0.273 e. The number of rotatable bonds is 3. The van der Waals surface area contributed by atoms with Crippen LogP contribution in [-0.4, -0.2) is 12.0 Å². The zero-order chi connectivity index (χ0) is 18.4. The molecule has 0 saturated carbocycles. The smallest absolute Gasteiger partial charge is 0.273 e. The number of hydrogen-bond acceptors (Lipinski definition) is 4. The van der Waals surface area contributed by atoms with Crippen LogP contribution in [0.15, 0.2) is 42.5 Å². The van der Waals surface area contributed by atoms with E-state index in [-0.39, 0.29) is 23.6 Å². The zero-order valence-electron chi connectivity index (χ0n) is 13.9.